The zero-order chi connectivity index (χ0) is 15.6. The minimum absolute atomic E-state index is 0.173. The summed E-state index contributed by atoms with van der Waals surface area (Å²) in [5, 5.41) is 18.3. The van der Waals surface area contributed by atoms with Gasteiger partial charge in [0.25, 0.3) is 0 Å². The van der Waals surface area contributed by atoms with Crippen LogP contribution < -0.4 is 10.6 Å². The molecule has 0 aliphatic heterocycles. The first-order valence-corrected chi connectivity index (χ1v) is 6.28. The van der Waals surface area contributed by atoms with E-state index < -0.39 is 12.0 Å². The van der Waals surface area contributed by atoms with Crippen LogP contribution in [0.5, 0.6) is 0 Å². The zero-order valence-electron chi connectivity index (χ0n) is 12.0. The summed E-state index contributed by atoms with van der Waals surface area (Å²) in [6.45, 7) is 3.53. The Balaban J connectivity index is 2.15. The Hall–Kier alpha value is -2.83. The van der Waals surface area contributed by atoms with Crippen LogP contribution in [0.4, 0.5) is 16.2 Å². The summed E-state index contributed by atoms with van der Waals surface area (Å²) in [6, 6.07) is 2.71. The van der Waals surface area contributed by atoms with Crippen LogP contribution in [0.1, 0.15) is 21.5 Å². The van der Waals surface area contributed by atoms with E-state index in [0.29, 0.717) is 16.9 Å². The second kappa shape index (κ2) is 5.66. The molecule has 7 nitrogen and oxygen atoms in total. The van der Waals surface area contributed by atoms with E-state index >= 15 is 0 Å². The van der Waals surface area contributed by atoms with Gasteiger partial charge in [0.05, 0.1) is 17.4 Å². The first kappa shape index (κ1) is 14.6. The molecule has 110 valence electrons. The van der Waals surface area contributed by atoms with Gasteiger partial charge in [-0.3, -0.25) is 4.68 Å². The fraction of sp³-hybridized carbons (Fsp3) is 0.214. The number of aromatic nitrogens is 2. The molecule has 0 aliphatic carbocycles. The third kappa shape index (κ3) is 3.38. The van der Waals surface area contributed by atoms with Crippen molar-refractivity contribution in [3.8, 4) is 0 Å². The van der Waals surface area contributed by atoms with Crippen molar-refractivity contribution in [2.24, 2.45) is 7.05 Å². The molecule has 2 rings (SSSR count). The number of carbonyl (C=O) groups is 2. The number of nitrogens with one attached hydrogen (secondary N) is 2. The van der Waals surface area contributed by atoms with Crippen LogP contribution >= 0.6 is 0 Å². The van der Waals surface area contributed by atoms with Crippen molar-refractivity contribution in [1.29, 1.82) is 0 Å². The standard InChI is InChI=1S/C14H16N4O3/c1-8-4-10(5-12(9(8)2)13(19)20)16-14(21)17-11-6-15-18(3)7-11/h4-7H,1-3H3,(H,19,20)(H2,16,17,21). The number of carboxylic acid groups (broad SMARTS) is 1. The smallest absolute Gasteiger partial charge is 0.336 e. The Kier molecular flexibility index (Phi) is 3.93. The molecule has 0 saturated heterocycles. The predicted molar refractivity (Wildman–Crippen MR) is 78.7 cm³/mol. The lowest BCUT2D eigenvalue weighted by Crippen LogP contribution is -2.19. The number of hydrogen-bond donors (Lipinski definition) is 3. The number of aromatic carboxylic acids is 1. The van der Waals surface area contributed by atoms with Gasteiger partial charge in [-0.05, 0) is 37.1 Å². The van der Waals surface area contributed by atoms with Crippen molar-refractivity contribution < 1.29 is 14.7 Å². The van der Waals surface area contributed by atoms with E-state index in [9.17, 15) is 9.59 Å². The molecular weight excluding hydrogens is 272 g/mol. The maximum atomic E-state index is 11.9. The van der Waals surface area contributed by atoms with Crippen LogP contribution in [-0.2, 0) is 7.05 Å². The van der Waals surface area contributed by atoms with Crippen molar-refractivity contribution in [3.05, 3.63) is 41.2 Å². The van der Waals surface area contributed by atoms with Crippen molar-refractivity contribution in [2.75, 3.05) is 10.6 Å². The number of nitrogens with zero attached hydrogens (tertiary/aromatic N) is 2. The van der Waals surface area contributed by atoms with Gasteiger partial charge >= 0.3 is 12.0 Å². The fourth-order valence-corrected chi connectivity index (χ4v) is 1.93. The van der Waals surface area contributed by atoms with Gasteiger partial charge in [-0.25, -0.2) is 9.59 Å². The van der Waals surface area contributed by atoms with Crippen molar-refractivity contribution >= 4 is 23.4 Å². The van der Waals surface area contributed by atoms with E-state index in [1.807, 2.05) is 0 Å². The lowest BCUT2D eigenvalue weighted by atomic mass is 10.0. The average Bonchev–Trinajstić information content (AvgIpc) is 2.78. The second-order valence-electron chi connectivity index (χ2n) is 4.75. The quantitative estimate of drug-likeness (QED) is 0.807. The van der Waals surface area contributed by atoms with Crippen LogP contribution in [0.15, 0.2) is 24.5 Å². The number of anilines is 2. The lowest BCUT2D eigenvalue weighted by Gasteiger charge is -2.11. The minimum Gasteiger partial charge on any atom is -0.478 e. The molecule has 0 atom stereocenters. The third-order valence-electron chi connectivity index (χ3n) is 3.12. The summed E-state index contributed by atoms with van der Waals surface area (Å²) < 4.78 is 1.56. The predicted octanol–water partition coefficient (Wildman–Crippen LogP) is 2.38. The van der Waals surface area contributed by atoms with Crippen LogP contribution in [0, 0.1) is 13.8 Å². The molecule has 7 heteroatoms. The van der Waals surface area contributed by atoms with Gasteiger partial charge in [-0.1, -0.05) is 0 Å². The van der Waals surface area contributed by atoms with Crippen LogP contribution in [0.3, 0.4) is 0 Å². The van der Waals surface area contributed by atoms with Crippen molar-refractivity contribution in [3.63, 3.8) is 0 Å². The first-order valence-electron chi connectivity index (χ1n) is 6.28. The molecule has 2 amide bonds. The van der Waals surface area contributed by atoms with Crippen LogP contribution in [0.25, 0.3) is 0 Å². The van der Waals surface area contributed by atoms with E-state index in [-0.39, 0.29) is 5.56 Å². The molecule has 0 radical (unpaired) electrons. The molecule has 3 N–H and O–H groups in total. The van der Waals surface area contributed by atoms with Crippen LogP contribution in [-0.4, -0.2) is 26.9 Å². The Morgan fingerprint density at radius 2 is 1.86 bits per heavy atom. The highest BCUT2D eigenvalue weighted by Crippen LogP contribution is 2.20. The molecule has 1 heterocycles. The molecule has 0 fully saturated rings. The number of carbonyl (C=O) groups excluding carboxylic acids is 1. The number of rotatable bonds is 3. The maximum Gasteiger partial charge on any atom is 0.336 e. The topological polar surface area (TPSA) is 96.3 Å². The van der Waals surface area contributed by atoms with Gasteiger partial charge in [0, 0.05) is 18.9 Å². The zero-order valence-corrected chi connectivity index (χ0v) is 12.0. The lowest BCUT2D eigenvalue weighted by molar-refractivity contribution is 0.0696. The molecule has 0 aliphatic rings. The number of urea groups is 1. The highest BCUT2D eigenvalue weighted by molar-refractivity contribution is 6.00. The van der Waals surface area contributed by atoms with E-state index in [0.717, 1.165) is 5.56 Å². The highest BCUT2D eigenvalue weighted by atomic mass is 16.4. The van der Waals surface area contributed by atoms with Gasteiger partial charge in [0.2, 0.25) is 0 Å². The fourth-order valence-electron chi connectivity index (χ4n) is 1.93. The maximum absolute atomic E-state index is 11.9. The molecular formula is C14H16N4O3. The average molecular weight is 288 g/mol. The largest absolute Gasteiger partial charge is 0.478 e. The van der Waals surface area contributed by atoms with E-state index in [1.54, 1.807) is 37.8 Å². The summed E-state index contributed by atoms with van der Waals surface area (Å²) >= 11 is 0. The highest BCUT2D eigenvalue weighted by Gasteiger charge is 2.12. The molecule has 1 aromatic carbocycles. The van der Waals surface area contributed by atoms with Gasteiger partial charge in [0.1, 0.15) is 0 Å². The second-order valence-corrected chi connectivity index (χ2v) is 4.75. The monoisotopic (exact) mass is 288 g/mol. The van der Waals surface area contributed by atoms with Gasteiger partial charge in [-0.2, -0.15) is 5.10 Å². The Labute approximate surface area is 121 Å². The van der Waals surface area contributed by atoms with Gasteiger partial charge in [0.15, 0.2) is 0 Å². The molecule has 2 aromatic rings. The molecule has 0 unspecified atom stereocenters. The Morgan fingerprint density at radius 3 is 2.43 bits per heavy atom. The minimum atomic E-state index is -1.02. The molecule has 0 saturated carbocycles. The summed E-state index contributed by atoms with van der Waals surface area (Å²) in [5.74, 6) is -1.02. The van der Waals surface area contributed by atoms with Gasteiger partial charge < -0.3 is 15.7 Å². The first-order chi connectivity index (χ1) is 9.86. The van der Waals surface area contributed by atoms with Crippen molar-refractivity contribution in [2.45, 2.75) is 13.8 Å². The number of aryl methyl sites for hydroxylation is 2. The van der Waals surface area contributed by atoms with E-state index in [1.165, 1.54) is 12.3 Å². The summed E-state index contributed by atoms with van der Waals surface area (Å²) in [4.78, 5) is 23.0. The number of benzene rings is 1. The normalized spacial score (nSPS) is 10.2. The third-order valence-corrected chi connectivity index (χ3v) is 3.12. The van der Waals surface area contributed by atoms with Crippen molar-refractivity contribution in [1.82, 2.24) is 9.78 Å². The Morgan fingerprint density at radius 1 is 1.19 bits per heavy atom. The number of amides is 2. The summed E-state index contributed by atoms with van der Waals surface area (Å²) in [5.41, 5.74) is 2.63. The SMILES string of the molecule is Cc1cc(NC(=O)Nc2cnn(C)c2)cc(C(=O)O)c1C. The molecule has 21 heavy (non-hydrogen) atoms. The van der Waals surface area contributed by atoms with Gasteiger partial charge in [-0.15, -0.1) is 0 Å². The Bertz CT molecular complexity index is 706. The molecule has 1 aromatic heterocycles. The molecule has 0 spiro atoms. The van der Waals surface area contributed by atoms with E-state index in [2.05, 4.69) is 15.7 Å². The van der Waals surface area contributed by atoms with E-state index in [4.69, 9.17) is 5.11 Å². The summed E-state index contributed by atoms with van der Waals surface area (Å²) in [7, 11) is 1.74. The molecule has 0 bridgehead atoms. The number of carboxylic acids is 1. The summed E-state index contributed by atoms with van der Waals surface area (Å²) in [6.07, 6.45) is 3.17. The van der Waals surface area contributed by atoms with Crippen LogP contribution in [0.2, 0.25) is 0 Å². The number of hydrogen-bond acceptors (Lipinski definition) is 3.